The van der Waals surface area contributed by atoms with Crippen molar-refractivity contribution in [1.29, 1.82) is 0 Å². The summed E-state index contributed by atoms with van der Waals surface area (Å²) in [5.41, 5.74) is 3.18. The van der Waals surface area contributed by atoms with Crippen molar-refractivity contribution in [2.24, 2.45) is 5.16 Å². The van der Waals surface area contributed by atoms with Crippen LogP contribution in [0.4, 0.5) is 0 Å². The largest absolute Gasteiger partial charge is 0.371 e. The summed E-state index contributed by atoms with van der Waals surface area (Å²) in [6, 6.07) is 0. The van der Waals surface area contributed by atoms with Gasteiger partial charge in [0.1, 0.15) is 6.34 Å². The Morgan fingerprint density at radius 1 is 1.64 bits per heavy atom. The highest BCUT2D eigenvalue weighted by molar-refractivity contribution is 5.54. The smallest absolute Gasteiger partial charge is 0.204 e. The third kappa shape index (κ3) is 3.23. The fourth-order valence-corrected chi connectivity index (χ4v) is 0.903. The van der Waals surface area contributed by atoms with Crippen LogP contribution in [0.1, 0.15) is 26.2 Å². The van der Waals surface area contributed by atoms with Gasteiger partial charge in [-0.2, -0.15) is 0 Å². The van der Waals surface area contributed by atoms with Crippen LogP contribution in [0.25, 0.3) is 0 Å². The molecule has 11 heavy (non-hydrogen) atoms. The van der Waals surface area contributed by atoms with Crippen molar-refractivity contribution in [3.63, 3.8) is 0 Å². The normalized spacial score (nSPS) is 15.5. The van der Waals surface area contributed by atoms with Crippen molar-refractivity contribution in [3.05, 3.63) is 0 Å². The fraction of sp³-hybridized carbons (Fsp3) is 0.857. The van der Waals surface area contributed by atoms with Crippen LogP contribution < -0.4 is 5.43 Å². The van der Waals surface area contributed by atoms with Crippen molar-refractivity contribution in [1.82, 2.24) is 10.4 Å². The molecule has 1 heterocycles. The van der Waals surface area contributed by atoms with Gasteiger partial charge in [-0.15, -0.1) is 0 Å². The van der Waals surface area contributed by atoms with Gasteiger partial charge in [0.15, 0.2) is 0 Å². The molecule has 0 spiro atoms. The number of nitrogens with zero attached hydrogens (tertiary/aromatic N) is 2. The van der Waals surface area contributed by atoms with Crippen molar-refractivity contribution in [2.45, 2.75) is 26.2 Å². The first-order valence-electron chi connectivity index (χ1n) is 4.09. The van der Waals surface area contributed by atoms with E-state index in [4.69, 9.17) is 4.84 Å². The van der Waals surface area contributed by atoms with Gasteiger partial charge in [-0.25, -0.2) is 5.43 Å². The number of rotatable bonds is 5. The molecular formula is C7H15N3O. The van der Waals surface area contributed by atoms with Gasteiger partial charge in [-0.05, 0) is 6.42 Å². The van der Waals surface area contributed by atoms with E-state index in [1.165, 1.54) is 19.3 Å². The van der Waals surface area contributed by atoms with Crippen LogP contribution in [-0.2, 0) is 4.84 Å². The third-order valence-electron chi connectivity index (χ3n) is 1.55. The van der Waals surface area contributed by atoms with Gasteiger partial charge < -0.3 is 4.84 Å². The molecule has 64 valence electrons. The molecule has 0 bridgehead atoms. The topological polar surface area (TPSA) is 36.9 Å². The Bertz CT molecular complexity index is 127. The second kappa shape index (κ2) is 4.96. The minimum atomic E-state index is 0.534. The summed E-state index contributed by atoms with van der Waals surface area (Å²) >= 11 is 0. The summed E-state index contributed by atoms with van der Waals surface area (Å²) in [5, 5.41) is 5.45. The molecule has 1 aliphatic rings. The summed E-state index contributed by atoms with van der Waals surface area (Å²) in [4.78, 5) is 4.75. The lowest BCUT2D eigenvalue weighted by Crippen LogP contribution is -2.35. The van der Waals surface area contributed by atoms with Crippen molar-refractivity contribution < 1.29 is 4.84 Å². The molecular weight excluding hydrogens is 142 g/mol. The molecule has 0 aromatic rings. The van der Waals surface area contributed by atoms with E-state index < -0.39 is 0 Å². The van der Waals surface area contributed by atoms with Gasteiger partial charge in [0.2, 0.25) is 6.73 Å². The van der Waals surface area contributed by atoms with Gasteiger partial charge >= 0.3 is 0 Å². The molecule has 4 nitrogen and oxygen atoms in total. The maximum atomic E-state index is 4.75. The molecule has 0 saturated heterocycles. The molecule has 0 amide bonds. The zero-order chi connectivity index (χ0) is 7.94. The summed E-state index contributed by atoms with van der Waals surface area (Å²) in [5.74, 6) is 0. The quantitative estimate of drug-likeness (QED) is 0.603. The highest BCUT2D eigenvalue weighted by Crippen LogP contribution is 1.94. The van der Waals surface area contributed by atoms with Crippen LogP contribution in [-0.4, -0.2) is 24.6 Å². The molecule has 0 saturated carbocycles. The third-order valence-corrected chi connectivity index (χ3v) is 1.55. The molecule has 0 aliphatic carbocycles. The molecule has 1 aliphatic heterocycles. The SMILES string of the molecule is CCCCCNN1C=NOC1. The molecule has 0 atom stereocenters. The monoisotopic (exact) mass is 157 g/mol. The molecule has 0 aromatic heterocycles. The van der Waals surface area contributed by atoms with E-state index in [0.717, 1.165) is 6.54 Å². The summed E-state index contributed by atoms with van der Waals surface area (Å²) < 4.78 is 0. The second-order valence-corrected chi connectivity index (χ2v) is 2.56. The highest BCUT2D eigenvalue weighted by atomic mass is 16.7. The van der Waals surface area contributed by atoms with Gasteiger partial charge in [0.25, 0.3) is 0 Å². The average Bonchev–Trinajstić information content (AvgIpc) is 2.50. The number of unbranched alkanes of at least 4 members (excludes halogenated alkanes) is 2. The Hall–Kier alpha value is -0.770. The predicted molar refractivity (Wildman–Crippen MR) is 43.8 cm³/mol. The van der Waals surface area contributed by atoms with E-state index in [1.54, 1.807) is 6.34 Å². The number of hydrogen-bond acceptors (Lipinski definition) is 4. The number of hydrogen-bond donors (Lipinski definition) is 1. The first kappa shape index (κ1) is 8.33. The number of nitrogens with one attached hydrogen (secondary N) is 1. The maximum absolute atomic E-state index is 4.75. The van der Waals surface area contributed by atoms with E-state index in [-0.39, 0.29) is 0 Å². The Morgan fingerprint density at radius 2 is 2.55 bits per heavy atom. The summed E-state index contributed by atoms with van der Waals surface area (Å²) in [6.45, 7) is 3.73. The van der Waals surface area contributed by atoms with Crippen molar-refractivity contribution in [2.75, 3.05) is 13.3 Å². The van der Waals surface area contributed by atoms with E-state index >= 15 is 0 Å². The van der Waals surface area contributed by atoms with Crippen molar-refractivity contribution in [3.8, 4) is 0 Å². The molecule has 0 unspecified atom stereocenters. The minimum absolute atomic E-state index is 0.534. The Kier molecular flexibility index (Phi) is 3.75. The molecule has 1 rings (SSSR count). The molecule has 0 aromatic carbocycles. The first-order valence-corrected chi connectivity index (χ1v) is 4.09. The molecule has 4 heteroatoms. The van der Waals surface area contributed by atoms with Gasteiger partial charge in [0.05, 0.1) is 0 Å². The number of oxime groups is 1. The first-order chi connectivity index (χ1) is 5.43. The number of hydrazine groups is 1. The standard InChI is InChI=1S/C7H15N3O/c1-2-3-4-5-8-10-6-9-11-7-10/h6,8H,2-5,7H2,1H3. The lowest BCUT2D eigenvalue weighted by atomic mass is 10.2. The van der Waals surface area contributed by atoms with E-state index in [0.29, 0.717) is 6.73 Å². The molecule has 0 radical (unpaired) electrons. The van der Waals surface area contributed by atoms with E-state index in [1.807, 2.05) is 5.01 Å². The fourth-order valence-electron chi connectivity index (χ4n) is 0.903. The van der Waals surface area contributed by atoms with Crippen LogP contribution >= 0.6 is 0 Å². The zero-order valence-corrected chi connectivity index (χ0v) is 6.92. The molecule has 0 fully saturated rings. The Labute approximate surface area is 67.2 Å². The van der Waals surface area contributed by atoms with Gasteiger partial charge in [-0.3, -0.25) is 5.01 Å². The van der Waals surface area contributed by atoms with Crippen LogP contribution in [0.15, 0.2) is 5.16 Å². The maximum Gasteiger partial charge on any atom is 0.204 e. The van der Waals surface area contributed by atoms with Crippen LogP contribution in [0, 0.1) is 0 Å². The lowest BCUT2D eigenvalue weighted by Gasteiger charge is -2.12. The Morgan fingerprint density at radius 3 is 3.18 bits per heavy atom. The summed E-state index contributed by atoms with van der Waals surface area (Å²) in [7, 11) is 0. The van der Waals surface area contributed by atoms with Crippen molar-refractivity contribution >= 4 is 6.34 Å². The van der Waals surface area contributed by atoms with E-state index in [9.17, 15) is 0 Å². The summed E-state index contributed by atoms with van der Waals surface area (Å²) in [6.07, 6.45) is 5.40. The highest BCUT2D eigenvalue weighted by Gasteiger charge is 2.03. The second-order valence-electron chi connectivity index (χ2n) is 2.56. The van der Waals surface area contributed by atoms with Crippen LogP contribution in [0.2, 0.25) is 0 Å². The minimum Gasteiger partial charge on any atom is -0.371 e. The van der Waals surface area contributed by atoms with Gasteiger partial charge in [-0.1, -0.05) is 24.9 Å². The van der Waals surface area contributed by atoms with Crippen LogP contribution in [0.5, 0.6) is 0 Å². The zero-order valence-electron chi connectivity index (χ0n) is 6.92. The van der Waals surface area contributed by atoms with Crippen LogP contribution in [0.3, 0.4) is 0 Å². The average molecular weight is 157 g/mol. The molecule has 1 N–H and O–H groups in total. The predicted octanol–water partition coefficient (Wildman–Crippen LogP) is 0.914. The Balaban J connectivity index is 1.90. The van der Waals surface area contributed by atoms with Gasteiger partial charge in [0, 0.05) is 6.54 Å². The van der Waals surface area contributed by atoms with E-state index in [2.05, 4.69) is 17.5 Å². The lowest BCUT2D eigenvalue weighted by molar-refractivity contribution is 0.0874.